The van der Waals surface area contributed by atoms with Crippen LogP contribution in [0.25, 0.3) is 0 Å². The highest BCUT2D eigenvalue weighted by Gasteiger charge is 1.96. The summed E-state index contributed by atoms with van der Waals surface area (Å²) in [7, 11) is 0. The molecule has 1 aromatic rings. The van der Waals surface area contributed by atoms with E-state index in [0.717, 1.165) is 12.2 Å². The van der Waals surface area contributed by atoms with Gasteiger partial charge in [-0.2, -0.15) is 0 Å². The third kappa shape index (κ3) is 3.17. The lowest BCUT2D eigenvalue weighted by molar-refractivity contribution is -0.692. The van der Waals surface area contributed by atoms with Crippen LogP contribution in [0.1, 0.15) is 6.92 Å². The summed E-state index contributed by atoms with van der Waals surface area (Å²) in [6.07, 6.45) is 4.51. The van der Waals surface area contributed by atoms with Crippen LogP contribution in [0.4, 0.5) is 5.69 Å². The van der Waals surface area contributed by atoms with E-state index in [4.69, 9.17) is 0 Å². The van der Waals surface area contributed by atoms with Gasteiger partial charge in [0.05, 0.1) is 0 Å². The number of nitrogens with one attached hydrogen (secondary N) is 1. The van der Waals surface area contributed by atoms with E-state index in [9.17, 15) is 4.79 Å². The number of hydrogen-bond acceptors (Lipinski definition) is 1. The zero-order chi connectivity index (χ0) is 8.10. The van der Waals surface area contributed by atoms with Crippen molar-refractivity contribution in [1.82, 2.24) is 0 Å². The van der Waals surface area contributed by atoms with Gasteiger partial charge in [0.1, 0.15) is 12.2 Å². The van der Waals surface area contributed by atoms with Gasteiger partial charge in [-0.15, -0.1) is 0 Å². The van der Waals surface area contributed by atoms with Gasteiger partial charge < -0.3 is 29.3 Å². The van der Waals surface area contributed by atoms with Crippen molar-refractivity contribution < 1.29 is 33.3 Å². The molecular weight excluding hydrogens is 267 g/mol. The van der Waals surface area contributed by atoms with Crippen molar-refractivity contribution in [3.05, 3.63) is 24.5 Å². The van der Waals surface area contributed by atoms with E-state index in [2.05, 4.69) is 5.32 Å². The molecule has 0 aliphatic carbocycles. The molecule has 1 heterocycles. The number of hydrogen-bond donors (Lipinski definition) is 1. The molecule has 0 unspecified atom stereocenters. The third-order valence-corrected chi connectivity index (χ3v) is 1.45. The van der Waals surface area contributed by atoms with E-state index in [0.29, 0.717) is 6.41 Å². The summed E-state index contributed by atoms with van der Waals surface area (Å²) in [4.78, 5) is 10.1. The molecule has 0 atom stereocenters. The van der Waals surface area contributed by atoms with Gasteiger partial charge >= 0.3 is 0 Å². The van der Waals surface area contributed by atoms with Crippen LogP contribution in [0.5, 0.6) is 0 Å². The molecule has 1 N–H and O–H groups in total. The van der Waals surface area contributed by atoms with Crippen molar-refractivity contribution in [2.45, 2.75) is 13.5 Å². The molecule has 1 aromatic heterocycles. The number of rotatable bonds is 3. The molecule has 12 heavy (non-hydrogen) atoms. The fourth-order valence-electron chi connectivity index (χ4n) is 0.872. The molecule has 3 nitrogen and oxygen atoms in total. The monoisotopic (exact) mass is 278 g/mol. The average molecular weight is 278 g/mol. The maximum atomic E-state index is 10.1. The molecule has 0 aliphatic heterocycles. The van der Waals surface area contributed by atoms with Crippen LogP contribution in [-0.2, 0) is 11.3 Å². The van der Waals surface area contributed by atoms with Gasteiger partial charge in [0.2, 0.25) is 6.41 Å². The van der Waals surface area contributed by atoms with E-state index >= 15 is 0 Å². The first kappa shape index (κ1) is 11.4. The highest BCUT2D eigenvalue weighted by molar-refractivity contribution is 5.69. The molecule has 1 amide bonds. The summed E-state index contributed by atoms with van der Waals surface area (Å²) in [5.41, 5.74) is 0.823. The van der Waals surface area contributed by atoms with Gasteiger partial charge in [0, 0.05) is 6.07 Å². The molecule has 0 radical (unpaired) electrons. The van der Waals surface area contributed by atoms with Crippen LogP contribution in [-0.4, -0.2) is 6.41 Å². The van der Waals surface area contributed by atoms with Crippen molar-refractivity contribution in [2.24, 2.45) is 0 Å². The summed E-state index contributed by atoms with van der Waals surface area (Å²) in [5, 5.41) is 2.58. The number of nitrogens with zero attached hydrogens (tertiary/aromatic N) is 1. The summed E-state index contributed by atoms with van der Waals surface area (Å²) >= 11 is 0. The number of halogens is 1. The largest absolute Gasteiger partial charge is 1.00 e. The minimum absolute atomic E-state index is 0. The summed E-state index contributed by atoms with van der Waals surface area (Å²) < 4.78 is 1.99. The molecule has 66 valence electrons. The number of carbonyl (C=O) groups excluding carboxylic acids is 1. The first-order valence-electron chi connectivity index (χ1n) is 3.56. The Kier molecular flexibility index (Phi) is 5.61. The van der Waals surface area contributed by atoms with Crippen LogP contribution < -0.4 is 33.9 Å². The smallest absolute Gasteiger partial charge is 0.211 e. The maximum absolute atomic E-state index is 10.1. The molecule has 1 rings (SSSR count). The quantitative estimate of drug-likeness (QED) is 0.372. The highest BCUT2D eigenvalue weighted by atomic mass is 127. The second kappa shape index (κ2) is 5.93. The maximum Gasteiger partial charge on any atom is 0.211 e. The number of anilines is 1. The van der Waals surface area contributed by atoms with Gasteiger partial charge in [-0.25, -0.2) is 4.57 Å². The Morgan fingerprint density at radius 2 is 2.42 bits per heavy atom. The fraction of sp³-hybridized carbons (Fsp3) is 0.250. The number of aryl methyl sites for hydroxylation is 1. The lowest BCUT2D eigenvalue weighted by Gasteiger charge is -1.95. The summed E-state index contributed by atoms with van der Waals surface area (Å²) in [6.45, 7) is 2.96. The molecule has 0 aromatic carbocycles. The Labute approximate surface area is 88.8 Å². The van der Waals surface area contributed by atoms with Crippen LogP contribution in [0.3, 0.4) is 0 Å². The van der Waals surface area contributed by atoms with Crippen molar-refractivity contribution in [1.29, 1.82) is 0 Å². The fourth-order valence-corrected chi connectivity index (χ4v) is 0.872. The Morgan fingerprint density at radius 3 is 3.00 bits per heavy atom. The summed E-state index contributed by atoms with van der Waals surface area (Å²) in [5.74, 6) is 0. The van der Waals surface area contributed by atoms with Crippen molar-refractivity contribution in [2.75, 3.05) is 5.32 Å². The molecule has 0 saturated carbocycles. The van der Waals surface area contributed by atoms with Crippen LogP contribution in [0.15, 0.2) is 24.5 Å². The Morgan fingerprint density at radius 1 is 1.67 bits per heavy atom. The zero-order valence-electron chi connectivity index (χ0n) is 6.83. The average Bonchev–Trinajstić information content (AvgIpc) is 2.06. The van der Waals surface area contributed by atoms with Gasteiger partial charge in [-0.1, -0.05) is 0 Å². The number of amides is 1. The van der Waals surface area contributed by atoms with E-state index < -0.39 is 0 Å². The molecule has 0 saturated heterocycles. The van der Waals surface area contributed by atoms with E-state index in [-0.39, 0.29) is 24.0 Å². The Bertz CT molecular complexity index is 253. The lowest BCUT2D eigenvalue weighted by Crippen LogP contribution is -3.00. The predicted octanol–water partition coefficient (Wildman–Crippen LogP) is -2.43. The van der Waals surface area contributed by atoms with Crippen LogP contribution >= 0.6 is 0 Å². The first-order chi connectivity index (χ1) is 5.36. The van der Waals surface area contributed by atoms with Crippen molar-refractivity contribution >= 4 is 12.1 Å². The third-order valence-electron chi connectivity index (χ3n) is 1.45. The summed E-state index contributed by atoms with van der Waals surface area (Å²) in [6, 6.07) is 3.75. The van der Waals surface area contributed by atoms with E-state index in [1.165, 1.54) is 0 Å². The minimum Gasteiger partial charge on any atom is -1.00 e. The normalized spacial score (nSPS) is 8.42. The molecule has 0 bridgehead atoms. The minimum atomic E-state index is 0. The zero-order valence-corrected chi connectivity index (χ0v) is 8.98. The molecule has 0 fully saturated rings. The van der Waals surface area contributed by atoms with Gasteiger partial charge in [-0.3, -0.25) is 4.79 Å². The molecule has 0 spiro atoms. The van der Waals surface area contributed by atoms with Gasteiger partial charge in [0.15, 0.2) is 12.4 Å². The highest BCUT2D eigenvalue weighted by Crippen LogP contribution is 1.98. The second-order valence-electron chi connectivity index (χ2n) is 2.19. The Balaban J connectivity index is 0.00000121. The van der Waals surface area contributed by atoms with Crippen LogP contribution in [0.2, 0.25) is 0 Å². The standard InChI is InChI=1S/C8H10N2O.HI/c1-2-10-5-3-4-8(6-10)9-7-11;/h3-7H,2H2,1H3;1H. The van der Waals surface area contributed by atoms with Crippen molar-refractivity contribution in [3.8, 4) is 0 Å². The lowest BCUT2D eigenvalue weighted by atomic mass is 10.4. The number of pyridine rings is 1. The predicted molar refractivity (Wildman–Crippen MR) is 42.0 cm³/mol. The Hall–Kier alpha value is -0.650. The second-order valence-corrected chi connectivity index (χ2v) is 2.19. The first-order valence-corrected chi connectivity index (χ1v) is 3.56. The van der Waals surface area contributed by atoms with Crippen molar-refractivity contribution in [3.63, 3.8) is 0 Å². The SMILES string of the molecule is CC[n+]1cccc(NC=O)c1.[I-]. The van der Waals surface area contributed by atoms with E-state index in [1.807, 2.05) is 36.0 Å². The van der Waals surface area contributed by atoms with Gasteiger partial charge in [0.25, 0.3) is 0 Å². The molecular formula is C8H11IN2O. The topological polar surface area (TPSA) is 33.0 Å². The number of aromatic nitrogens is 1. The molecule has 4 heteroatoms. The number of carbonyl (C=O) groups is 1. The van der Waals surface area contributed by atoms with Gasteiger partial charge in [-0.05, 0) is 13.0 Å². The van der Waals surface area contributed by atoms with Crippen LogP contribution in [0, 0.1) is 0 Å². The molecule has 0 aliphatic rings. The van der Waals surface area contributed by atoms with E-state index in [1.54, 1.807) is 0 Å².